The van der Waals surface area contributed by atoms with Crippen LogP contribution in [0.4, 0.5) is 0 Å². The van der Waals surface area contributed by atoms with Crippen molar-refractivity contribution in [3.63, 3.8) is 0 Å². The van der Waals surface area contributed by atoms with Gasteiger partial charge in [0.05, 0.1) is 26.4 Å². The molecule has 0 aliphatic carbocycles. The molecule has 0 spiro atoms. The number of hydrogen-bond acceptors (Lipinski definition) is 4. The Hall–Kier alpha value is -1.26. The summed E-state index contributed by atoms with van der Waals surface area (Å²) in [5.41, 5.74) is 1.09. The van der Waals surface area contributed by atoms with E-state index in [0.717, 1.165) is 23.5 Å². The van der Waals surface area contributed by atoms with E-state index in [9.17, 15) is 0 Å². The maximum absolute atomic E-state index is 5.81. The van der Waals surface area contributed by atoms with Crippen LogP contribution in [-0.4, -0.2) is 34.0 Å². The van der Waals surface area contributed by atoms with Crippen LogP contribution in [0.3, 0.4) is 0 Å². The predicted molar refractivity (Wildman–Crippen MR) is 77.1 cm³/mol. The summed E-state index contributed by atoms with van der Waals surface area (Å²) in [6, 6.07) is 5.98. The van der Waals surface area contributed by atoms with Crippen LogP contribution in [0.15, 0.2) is 18.2 Å². The fourth-order valence-corrected chi connectivity index (χ4v) is 2.28. The minimum absolute atomic E-state index is 0.103. The molecule has 4 heteroatoms. The summed E-state index contributed by atoms with van der Waals surface area (Å²) in [4.78, 5) is 0. The third kappa shape index (κ3) is 3.85. The van der Waals surface area contributed by atoms with E-state index in [1.54, 1.807) is 14.2 Å². The lowest BCUT2D eigenvalue weighted by atomic mass is 9.98. The molecule has 1 rings (SSSR count). The van der Waals surface area contributed by atoms with Crippen molar-refractivity contribution in [3.05, 3.63) is 23.8 Å². The first-order chi connectivity index (χ1) is 9.21. The molecule has 0 aromatic heterocycles. The highest BCUT2D eigenvalue weighted by Gasteiger charge is 2.23. The van der Waals surface area contributed by atoms with Gasteiger partial charge in [-0.05, 0) is 32.5 Å². The molecule has 2 unspecified atom stereocenters. The lowest BCUT2D eigenvalue weighted by Crippen LogP contribution is -2.31. The van der Waals surface area contributed by atoms with Crippen LogP contribution in [-0.2, 0) is 4.74 Å². The molecule has 0 aliphatic rings. The highest BCUT2D eigenvalue weighted by atomic mass is 16.5. The lowest BCUT2D eigenvalue weighted by molar-refractivity contribution is 0.0328. The zero-order valence-corrected chi connectivity index (χ0v) is 12.5. The van der Waals surface area contributed by atoms with E-state index < -0.39 is 0 Å². The molecule has 0 saturated carbocycles. The molecule has 0 saturated heterocycles. The van der Waals surface area contributed by atoms with Gasteiger partial charge in [0.15, 0.2) is 0 Å². The maximum Gasteiger partial charge on any atom is 0.127 e. The summed E-state index contributed by atoms with van der Waals surface area (Å²) in [7, 11) is 5.27. The highest BCUT2D eigenvalue weighted by Crippen LogP contribution is 2.32. The largest absolute Gasteiger partial charge is 0.497 e. The van der Waals surface area contributed by atoms with Crippen molar-refractivity contribution in [3.8, 4) is 11.5 Å². The molecule has 0 radical (unpaired) electrons. The quantitative estimate of drug-likeness (QED) is 0.786. The van der Waals surface area contributed by atoms with Crippen LogP contribution in [0.1, 0.15) is 31.9 Å². The molecule has 19 heavy (non-hydrogen) atoms. The Balaban J connectivity index is 3.09. The molecule has 1 aromatic rings. The third-order valence-corrected chi connectivity index (χ3v) is 3.24. The Kier molecular flexibility index (Phi) is 6.67. The van der Waals surface area contributed by atoms with Crippen molar-refractivity contribution >= 4 is 0 Å². The second-order valence-electron chi connectivity index (χ2n) is 4.28. The Labute approximate surface area is 116 Å². The van der Waals surface area contributed by atoms with E-state index in [0.29, 0.717) is 6.61 Å². The maximum atomic E-state index is 5.81. The first kappa shape index (κ1) is 15.8. The molecule has 0 fully saturated rings. The van der Waals surface area contributed by atoms with Crippen molar-refractivity contribution in [2.24, 2.45) is 0 Å². The molecule has 2 atom stereocenters. The second kappa shape index (κ2) is 8.02. The van der Waals surface area contributed by atoms with Gasteiger partial charge in [-0.2, -0.15) is 0 Å². The summed E-state index contributed by atoms with van der Waals surface area (Å²) in [6.45, 7) is 4.84. The summed E-state index contributed by atoms with van der Waals surface area (Å²) in [5, 5.41) is 3.32. The number of likely N-dealkylation sites (N-methyl/N-ethyl adjacent to an activating group) is 1. The van der Waals surface area contributed by atoms with Crippen LogP contribution in [0.5, 0.6) is 11.5 Å². The van der Waals surface area contributed by atoms with E-state index in [4.69, 9.17) is 14.2 Å². The minimum atomic E-state index is 0.103. The van der Waals surface area contributed by atoms with Gasteiger partial charge in [0.1, 0.15) is 11.5 Å². The van der Waals surface area contributed by atoms with Gasteiger partial charge in [0, 0.05) is 18.2 Å². The Bertz CT molecular complexity index is 382. The number of nitrogens with one attached hydrogen (secondary N) is 1. The SMILES string of the molecule is CCOC(CC)C(NC)c1ccc(OC)cc1OC. The molecule has 0 bridgehead atoms. The van der Waals surface area contributed by atoms with Crippen LogP contribution in [0.2, 0.25) is 0 Å². The topological polar surface area (TPSA) is 39.7 Å². The Morgan fingerprint density at radius 2 is 1.89 bits per heavy atom. The molecule has 108 valence electrons. The second-order valence-corrected chi connectivity index (χ2v) is 4.28. The predicted octanol–water partition coefficient (Wildman–Crippen LogP) is 2.78. The first-order valence-electron chi connectivity index (χ1n) is 6.72. The average molecular weight is 267 g/mol. The molecule has 0 aliphatic heterocycles. The summed E-state index contributed by atoms with van der Waals surface area (Å²) >= 11 is 0. The highest BCUT2D eigenvalue weighted by molar-refractivity contribution is 5.43. The molecule has 4 nitrogen and oxygen atoms in total. The monoisotopic (exact) mass is 267 g/mol. The van der Waals surface area contributed by atoms with E-state index in [-0.39, 0.29) is 12.1 Å². The van der Waals surface area contributed by atoms with Gasteiger partial charge in [-0.15, -0.1) is 0 Å². The molecule has 1 aromatic carbocycles. The average Bonchev–Trinajstić information content (AvgIpc) is 2.47. The normalized spacial score (nSPS) is 13.9. The van der Waals surface area contributed by atoms with Crippen LogP contribution in [0, 0.1) is 0 Å². The van der Waals surface area contributed by atoms with Gasteiger partial charge < -0.3 is 19.5 Å². The van der Waals surface area contributed by atoms with E-state index in [1.807, 2.05) is 32.2 Å². The van der Waals surface area contributed by atoms with Gasteiger partial charge in [-0.3, -0.25) is 0 Å². The van der Waals surface area contributed by atoms with E-state index in [2.05, 4.69) is 12.2 Å². The smallest absolute Gasteiger partial charge is 0.127 e. The Morgan fingerprint density at radius 1 is 1.16 bits per heavy atom. The van der Waals surface area contributed by atoms with Gasteiger partial charge in [-0.25, -0.2) is 0 Å². The lowest BCUT2D eigenvalue weighted by Gasteiger charge is -2.27. The summed E-state index contributed by atoms with van der Waals surface area (Å²) in [5.74, 6) is 1.61. The van der Waals surface area contributed by atoms with Crippen molar-refractivity contribution in [1.29, 1.82) is 0 Å². The summed E-state index contributed by atoms with van der Waals surface area (Å²) < 4.78 is 16.5. The molecular formula is C15H25NO3. The summed E-state index contributed by atoms with van der Waals surface area (Å²) in [6.07, 6.45) is 1.06. The fourth-order valence-electron chi connectivity index (χ4n) is 2.28. The number of ether oxygens (including phenoxy) is 3. The minimum Gasteiger partial charge on any atom is -0.497 e. The fraction of sp³-hybridized carbons (Fsp3) is 0.600. The van der Waals surface area contributed by atoms with Crippen molar-refractivity contribution in [2.75, 3.05) is 27.9 Å². The van der Waals surface area contributed by atoms with Gasteiger partial charge in [0.2, 0.25) is 0 Å². The molecular weight excluding hydrogens is 242 g/mol. The van der Waals surface area contributed by atoms with Crippen LogP contribution < -0.4 is 14.8 Å². The first-order valence-corrected chi connectivity index (χ1v) is 6.72. The van der Waals surface area contributed by atoms with Crippen molar-refractivity contribution < 1.29 is 14.2 Å². The van der Waals surface area contributed by atoms with E-state index >= 15 is 0 Å². The zero-order valence-electron chi connectivity index (χ0n) is 12.5. The zero-order chi connectivity index (χ0) is 14.3. The van der Waals surface area contributed by atoms with Crippen LogP contribution in [0.25, 0.3) is 0 Å². The molecule has 0 amide bonds. The van der Waals surface area contributed by atoms with Gasteiger partial charge in [-0.1, -0.05) is 6.92 Å². The van der Waals surface area contributed by atoms with Gasteiger partial charge in [0.25, 0.3) is 0 Å². The number of hydrogen-bond donors (Lipinski definition) is 1. The number of rotatable bonds is 8. The third-order valence-electron chi connectivity index (χ3n) is 3.24. The van der Waals surface area contributed by atoms with Crippen molar-refractivity contribution in [2.45, 2.75) is 32.4 Å². The van der Waals surface area contributed by atoms with Crippen LogP contribution >= 0.6 is 0 Å². The molecule has 1 N–H and O–H groups in total. The van der Waals surface area contributed by atoms with Gasteiger partial charge >= 0.3 is 0 Å². The molecule has 0 heterocycles. The van der Waals surface area contributed by atoms with Crippen molar-refractivity contribution in [1.82, 2.24) is 5.32 Å². The standard InChI is InChI=1S/C15H25NO3/c1-6-13(19-7-2)15(16-3)12-9-8-11(17-4)10-14(12)18-5/h8-10,13,15-16H,6-7H2,1-5H3. The Morgan fingerprint density at radius 3 is 2.37 bits per heavy atom. The number of benzene rings is 1. The number of methoxy groups -OCH3 is 2. The van der Waals surface area contributed by atoms with E-state index in [1.165, 1.54) is 0 Å².